The summed E-state index contributed by atoms with van der Waals surface area (Å²) in [5, 5.41) is 3.81. The minimum atomic E-state index is -0.554. The number of nitrogens with zero attached hydrogens (tertiary/aromatic N) is 2. The molecule has 1 aromatic carbocycles. The van der Waals surface area contributed by atoms with Crippen LogP contribution in [0.25, 0.3) is 0 Å². The molecule has 0 unspecified atom stereocenters. The topological polar surface area (TPSA) is 61.9 Å². The second-order valence-electron chi connectivity index (χ2n) is 7.99. The van der Waals surface area contributed by atoms with Gasteiger partial charge in [-0.05, 0) is 44.9 Å². The van der Waals surface area contributed by atoms with Crippen molar-refractivity contribution in [3.63, 3.8) is 0 Å². The number of ether oxygens (including phenoxy) is 1. The quantitative estimate of drug-likeness (QED) is 0.792. The van der Waals surface area contributed by atoms with Crippen LogP contribution in [0.1, 0.15) is 38.7 Å². The second kappa shape index (κ2) is 7.76. The van der Waals surface area contributed by atoms with E-state index in [1.165, 1.54) is 0 Å². The number of rotatable bonds is 2. The summed E-state index contributed by atoms with van der Waals surface area (Å²) >= 11 is 12.3. The largest absolute Gasteiger partial charge is 0.444 e. The number of hydrogen-bond donors (Lipinski definition) is 1. The van der Waals surface area contributed by atoms with Crippen molar-refractivity contribution >= 4 is 35.3 Å². The van der Waals surface area contributed by atoms with Crippen molar-refractivity contribution in [2.45, 2.75) is 44.8 Å². The Kier molecular flexibility index (Phi) is 5.77. The highest BCUT2D eigenvalue weighted by Crippen LogP contribution is 2.35. The molecule has 0 spiro atoms. The highest BCUT2D eigenvalue weighted by atomic mass is 35.5. The van der Waals surface area contributed by atoms with Crippen molar-refractivity contribution < 1.29 is 14.3 Å². The first kappa shape index (κ1) is 20.1. The number of hydrogen-bond acceptors (Lipinski definition) is 3. The average Bonchev–Trinajstić information content (AvgIpc) is 3.01. The predicted octanol–water partition coefficient (Wildman–Crippen LogP) is 4.11. The van der Waals surface area contributed by atoms with Gasteiger partial charge in [0, 0.05) is 38.1 Å². The van der Waals surface area contributed by atoms with Crippen LogP contribution in [-0.2, 0) is 4.74 Å². The lowest BCUT2D eigenvalue weighted by molar-refractivity contribution is 0.0139. The third-order valence-corrected chi connectivity index (χ3v) is 5.63. The van der Waals surface area contributed by atoms with Gasteiger partial charge in [-0.25, -0.2) is 9.59 Å². The van der Waals surface area contributed by atoms with E-state index in [1.54, 1.807) is 11.0 Å². The molecule has 3 amide bonds. The van der Waals surface area contributed by atoms with Crippen molar-refractivity contribution in [1.82, 2.24) is 15.1 Å². The maximum Gasteiger partial charge on any atom is 0.410 e. The summed E-state index contributed by atoms with van der Waals surface area (Å²) in [5.41, 5.74) is 0.407. The molecule has 0 aliphatic carbocycles. The maximum atomic E-state index is 12.6. The first-order valence-electron chi connectivity index (χ1n) is 9.13. The van der Waals surface area contributed by atoms with Crippen LogP contribution < -0.4 is 5.32 Å². The van der Waals surface area contributed by atoms with Gasteiger partial charge in [0.05, 0.1) is 10.0 Å². The van der Waals surface area contributed by atoms with Gasteiger partial charge in [-0.1, -0.05) is 29.3 Å². The number of carbonyl (C=O) groups is 2. The second-order valence-corrected chi connectivity index (χ2v) is 8.80. The lowest BCUT2D eigenvalue weighted by Gasteiger charge is -2.42. The van der Waals surface area contributed by atoms with E-state index in [9.17, 15) is 9.59 Å². The van der Waals surface area contributed by atoms with Crippen molar-refractivity contribution in [1.29, 1.82) is 0 Å². The predicted molar refractivity (Wildman–Crippen MR) is 106 cm³/mol. The van der Waals surface area contributed by atoms with Crippen LogP contribution in [-0.4, -0.2) is 59.7 Å². The fourth-order valence-corrected chi connectivity index (χ4v) is 3.98. The Morgan fingerprint density at radius 3 is 2.56 bits per heavy atom. The summed E-state index contributed by atoms with van der Waals surface area (Å²) in [4.78, 5) is 28.4. The van der Waals surface area contributed by atoms with E-state index in [0.29, 0.717) is 42.6 Å². The molecule has 0 aromatic heterocycles. The lowest BCUT2D eigenvalue weighted by Crippen LogP contribution is -2.53. The number of piperidine rings is 1. The third-order valence-electron chi connectivity index (χ3n) is 4.89. The van der Waals surface area contributed by atoms with Gasteiger partial charge >= 0.3 is 12.1 Å². The summed E-state index contributed by atoms with van der Waals surface area (Å²) in [5.74, 6) is -0.0649. The number of halogens is 2. The molecule has 8 heteroatoms. The van der Waals surface area contributed by atoms with Gasteiger partial charge in [0.25, 0.3) is 0 Å². The third kappa shape index (κ3) is 4.61. The number of nitrogens with one attached hydrogen (secondary N) is 1. The maximum absolute atomic E-state index is 12.6. The Labute approximate surface area is 169 Å². The molecular weight excluding hydrogens is 389 g/mol. The molecule has 3 rings (SSSR count). The van der Waals surface area contributed by atoms with Gasteiger partial charge in [-0.2, -0.15) is 0 Å². The SMILES string of the molecule is CC(C)(C)OC(=O)N1CC[C@@H](N2CCNC2=O)[C@H](c2ccc(Cl)c(Cl)c2)C1. The Bertz CT molecular complexity index is 735. The lowest BCUT2D eigenvalue weighted by atomic mass is 9.85. The van der Waals surface area contributed by atoms with Crippen LogP contribution in [0.5, 0.6) is 0 Å². The Morgan fingerprint density at radius 2 is 1.96 bits per heavy atom. The van der Waals surface area contributed by atoms with E-state index in [0.717, 1.165) is 5.56 Å². The molecule has 148 valence electrons. The number of amides is 3. The molecule has 1 N–H and O–H groups in total. The Hall–Kier alpha value is -1.66. The number of carbonyl (C=O) groups excluding carboxylic acids is 2. The first-order valence-corrected chi connectivity index (χ1v) is 9.88. The van der Waals surface area contributed by atoms with E-state index in [4.69, 9.17) is 27.9 Å². The number of benzene rings is 1. The zero-order valence-corrected chi connectivity index (χ0v) is 17.3. The molecule has 6 nitrogen and oxygen atoms in total. The fourth-order valence-electron chi connectivity index (χ4n) is 3.68. The van der Waals surface area contributed by atoms with Crippen LogP contribution in [0.3, 0.4) is 0 Å². The molecule has 0 bridgehead atoms. The zero-order valence-electron chi connectivity index (χ0n) is 15.8. The van der Waals surface area contributed by atoms with Crippen LogP contribution in [0, 0.1) is 0 Å². The van der Waals surface area contributed by atoms with E-state index in [2.05, 4.69) is 5.32 Å². The van der Waals surface area contributed by atoms with E-state index in [1.807, 2.05) is 37.8 Å². The standard InChI is InChI=1S/C19H25Cl2N3O3/c1-19(2,3)27-18(26)23-8-6-16(24-9-7-22-17(24)25)13(11-23)12-4-5-14(20)15(21)10-12/h4-5,10,13,16H,6-9,11H2,1-3H3,(H,22,25)/t13-,16+/m0/s1. The molecule has 2 atom stereocenters. The van der Waals surface area contributed by atoms with E-state index >= 15 is 0 Å². The molecule has 2 aliphatic heterocycles. The van der Waals surface area contributed by atoms with Crippen molar-refractivity contribution in [3.8, 4) is 0 Å². The van der Waals surface area contributed by atoms with E-state index in [-0.39, 0.29) is 24.1 Å². The van der Waals surface area contributed by atoms with Crippen molar-refractivity contribution in [2.75, 3.05) is 26.2 Å². The summed E-state index contributed by atoms with van der Waals surface area (Å²) in [7, 11) is 0. The van der Waals surface area contributed by atoms with Gasteiger partial charge in [0.1, 0.15) is 5.60 Å². The summed E-state index contributed by atoms with van der Waals surface area (Å²) in [6, 6.07) is 5.43. The molecular formula is C19H25Cl2N3O3. The summed E-state index contributed by atoms with van der Waals surface area (Å²) in [6.07, 6.45) is 0.342. The van der Waals surface area contributed by atoms with Gasteiger partial charge in [0.2, 0.25) is 0 Å². The van der Waals surface area contributed by atoms with Crippen LogP contribution in [0.2, 0.25) is 10.0 Å². The molecule has 2 aliphatic rings. The average molecular weight is 414 g/mol. The molecule has 0 radical (unpaired) electrons. The van der Waals surface area contributed by atoms with E-state index < -0.39 is 5.60 Å². The van der Waals surface area contributed by atoms with Gasteiger partial charge in [-0.15, -0.1) is 0 Å². The number of likely N-dealkylation sites (tertiary alicyclic amines) is 1. The fraction of sp³-hybridized carbons (Fsp3) is 0.579. The molecule has 27 heavy (non-hydrogen) atoms. The molecule has 0 saturated carbocycles. The molecule has 1 aromatic rings. The highest BCUT2D eigenvalue weighted by molar-refractivity contribution is 6.42. The number of urea groups is 1. The van der Waals surface area contributed by atoms with Gasteiger partial charge in [-0.3, -0.25) is 0 Å². The van der Waals surface area contributed by atoms with Crippen molar-refractivity contribution in [3.05, 3.63) is 33.8 Å². The summed E-state index contributed by atoms with van der Waals surface area (Å²) < 4.78 is 5.53. The van der Waals surface area contributed by atoms with Crippen LogP contribution in [0.4, 0.5) is 9.59 Å². The molecule has 2 fully saturated rings. The minimum absolute atomic E-state index is 0.0107. The summed E-state index contributed by atoms with van der Waals surface area (Å²) in [6.45, 7) is 7.85. The Morgan fingerprint density at radius 1 is 1.22 bits per heavy atom. The van der Waals surface area contributed by atoms with Crippen LogP contribution in [0.15, 0.2) is 18.2 Å². The molecule has 2 heterocycles. The highest BCUT2D eigenvalue weighted by Gasteiger charge is 2.40. The normalized spacial score (nSPS) is 23.4. The van der Waals surface area contributed by atoms with Gasteiger partial charge in [0.15, 0.2) is 0 Å². The van der Waals surface area contributed by atoms with Crippen LogP contribution >= 0.6 is 23.2 Å². The zero-order chi connectivity index (χ0) is 19.8. The monoisotopic (exact) mass is 413 g/mol. The minimum Gasteiger partial charge on any atom is -0.444 e. The van der Waals surface area contributed by atoms with Gasteiger partial charge < -0.3 is 19.9 Å². The smallest absolute Gasteiger partial charge is 0.410 e. The molecule has 2 saturated heterocycles. The first-order chi connectivity index (χ1) is 12.7. The van der Waals surface area contributed by atoms with Crippen molar-refractivity contribution in [2.24, 2.45) is 0 Å². The Balaban J connectivity index is 1.86.